The van der Waals surface area contributed by atoms with Crippen LogP contribution in [0.5, 0.6) is 0 Å². The monoisotopic (exact) mass is 294 g/mol. The van der Waals surface area contributed by atoms with Gasteiger partial charge in [0.15, 0.2) is 6.61 Å². The third-order valence-corrected chi connectivity index (χ3v) is 2.92. The molecule has 1 amide bonds. The summed E-state index contributed by atoms with van der Waals surface area (Å²) in [5, 5.41) is 11.3. The summed E-state index contributed by atoms with van der Waals surface area (Å²) in [4.78, 5) is 23.5. The van der Waals surface area contributed by atoms with Gasteiger partial charge in [-0.25, -0.2) is 4.79 Å². The number of carbonyl (C=O) groups excluding carboxylic acids is 2. The summed E-state index contributed by atoms with van der Waals surface area (Å²) in [6.07, 6.45) is 0. The predicted molar refractivity (Wildman–Crippen MR) is 81.2 cm³/mol. The third-order valence-electron chi connectivity index (χ3n) is 2.92. The molecule has 0 saturated carbocycles. The average Bonchev–Trinajstić information content (AvgIpc) is 2.54. The maximum absolute atomic E-state index is 11.8. The molecule has 0 bridgehead atoms. The van der Waals surface area contributed by atoms with E-state index in [2.05, 4.69) is 5.32 Å². The summed E-state index contributed by atoms with van der Waals surface area (Å²) in [6, 6.07) is 15.3. The van der Waals surface area contributed by atoms with Crippen molar-refractivity contribution >= 4 is 17.6 Å². The highest BCUT2D eigenvalue weighted by atomic mass is 16.5. The highest BCUT2D eigenvalue weighted by molar-refractivity contribution is 5.95. The summed E-state index contributed by atoms with van der Waals surface area (Å²) in [7, 11) is 0. The second kappa shape index (κ2) is 7.04. The Bertz CT molecular complexity index is 713. The smallest absolute Gasteiger partial charge is 0.338 e. The van der Waals surface area contributed by atoms with E-state index >= 15 is 0 Å². The van der Waals surface area contributed by atoms with Crippen molar-refractivity contribution in [3.05, 3.63) is 65.2 Å². The molecular formula is C17H14N2O3. The van der Waals surface area contributed by atoms with Crippen molar-refractivity contribution in [2.24, 2.45) is 0 Å². The number of nitrogens with one attached hydrogen (secondary N) is 1. The summed E-state index contributed by atoms with van der Waals surface area (Å²) in [5.74, 6) is -0.986. The SMILES string of the molecule is Cc1ccc(C(=O)OCC(=O)Nc2ccc(C#N)cc2)cc1. The fourth-order valence-electron chi connectivity index (χ4n) is 1.73. The lowest BCUT2D eigenvalue weighted by Gasteiger charge is -2.07. The summed E-state index contributed by atoms with van der Waals surface area (Å²) in [5.41, 5.74) is 2.48. The van der Waals surface area contributed by atoms with Crippen molar-refractivity contribution in [3.8, 4) is 6.07 Å². The average molecular weight is 294 g/mol. The molecule has 0 atom stereocenters. The van der Waals surface area contributed by atoms with Crippen LogP contribution in [-0.4, -0.2) is 18.5 Å². The van der Waals surface area contributed by atoms with Crippen LogP contribution in [0.1, 0.15) is 21.5 Å². The van der Waals surface area contributed by atoms with E-state index in [1.807, 2.05) is 13.0 Å². The van der Waals surface area contributed by atoms with Gasteiger partial charge >= 0.3 is 5.97 Å². The first-order chi connectivity index (χ1) is 10.6. The van der Waals surface area contributed by atoms with Crippen LogP contribution >= 0.6 is 0 Å². The van der Waals surface area contributed by atoms with Crippen LogP contribution in [0.15, 0.2) is 48.5 Å². The Morgan fingerprint density at radius 3 is 2.32 bits per heavy atom. The van der Waals surface area contributed by atoms with Crippen LogP contribution < -0.4 is 5.32 Å². The summed E-state index contributed by atoms with van der Waals surface area (Å²) in [6.45, 7) is 1.55. The molecule has 0 saturated heterocycles. The number of amides is 1. The number of carbonyl (C=O) groups is 2. The van der Waals surface area contributed by atoms with Gasteiger partial charge in [-0.2, -0.15) is 5.26 Å². The molecule has 1 N–H and O–H groups in total. The van der Waals surface area contributed by atoms with E-state index in [0.29, 0.717) is 16.8 Å². The van der Waals surface area contributed by atoms with E-state index in [-0.39, 0.29) is 6.61 Å². The van der Waals surface area contributed by atoms with Crippen molar-refractivity contribution in [3.63, 3.8) is 0 Å². The summed E-state index contributed by atoms with van der Waals surface area (Å²) < 4.78 is 4.94. The molecule has 0 aliphatic carbocycles. The first-order valence-electron chi connectivity index (χ1n) is 6.62. The zero-order chi connectivity index (χ0) is 15.9. The number of aryl methyl sites for hydroxylation is 1. The van der Waals surface area contributed by atoms with E-state index < -0.39 is 11.9 Å². The van der Waals surface area contributed by atoms with Crippen molar-refractivity contribution in [2.45, 2.75) is 6.92 Å². The maximum atomic E-state index is 11.8. The standard InChI is InChI=1S/C17H14N2O3/c1-12-2-6-14(7-3-12)17(21)22-11-16(20)19-15-8-4-13(10-18)5-9-15/h2-9H,11H2,1H3,(H,19,20). The van der Waals surface area contributed by atoms with Gasteiger partial charge in [0.1, 0.15) is 0 Å². The molecule has 5 nitrogen and oxygen atoms in total. The van der Waals surface area contributed by atoms with E-state index in [1.54, 1.807) is 48.5 Å². The fraction of sp³-hybridized carbons (Fsp3) is 0.118. The number of hydrogen-bond donors (Lipinski definition) is 1. The highest BCUT2D eigenvalue weighted by Crippen LogP contribution is 2.09. The molecular weight excluding hydrogens is 280 g/mol. The number of nitriles is 1. The Morgan fingerprint density at radius 1 is 1.09 bits per heavy atom. The molecule has 0 heterocycles. The fourth-order valence-corrected chi connectivity index (χ4v) is 1.73. The second-order valence-electron chi connectivity index (χ2n) is 4.68. The predicted octanol–water partition coefficient (Wildman–Crippen LogP) is 2.66. The van der Waals surface area contributed by atoms with Crippen molar-refractivity contribution in [1.29, 1.82) is 5.26 Å². The normalized spacial score (nSPS) is 9.64. The maximum Gasteiger partial charge on any atom is 0.338 e. The molecule has 0 spiro atoms. The number of esters is 1. The molecule has 5 heteroatoms. The molecule has 110 valence electrons. The van der Waals surface area contributed by atoms with E-state index in [0.717, 1.165) is 5.56 Å². The number of benzene rings is 2. The second-order valence-corrected chi connectivity index (χ2v) is 4.68. The molecule has 22 heavy (non-hydrogen) atoms. The van der Waals surface area contributed by atoms with Crippen LogP contribution in [-0.2, 0) is 9.53 Å². The Hall–Kier alpha value is -3.13. The van der Waals surface area contributed by atoms with Crippen molar-refractivity contribution in [1.82, 2.24) is 0 Å². The Balaban J connectivity index is 1.85. The largest absolute Gasteiger partial charge is 0.452 e. The van der Waals surface area contributed by atoms with E-state index in [9.17, 15) is 9.59 Å². The Morgan fingerprint density at radius 2 is 1.73 bits per heavy atom. The molecule has 0 unspecified atom stereocenters. The molecule has 2 rings (SSSR count). The van der Waals surface area contributed by atoms with Crippen LogP contribution in [0.3, 0.4) is 0 Å². The van der Waals surface area contributed by atoms with Crippen LogP contribution in [0.25, 0.3) is 0 Å². The van der Waals surface area contributed by atoms with E-state index in [4.69, 9.17) is 10.00 Å². The van der Waals surface area contributed by atoms with Gasteiger partial charge in [0.25, 0.3) is 5.91 Å². The minimum absolute atomic E-state index is 0.368. The zero-order valence-corrected chi connectivity index (χ0v) is 12.0. The van der Waals surface area contributed by atoms with Crippen molar-refractivity contribution in [2.75, 3.05) is 11.9 Å². The summed E-state index contributed by atoms with van der Waals surface area (Å²) >= 11 is 0. The van der Waals surface area contributed by atoms with Gasteiger partial charge in [0.2, 0.25) is 0 Å². The molecule has 0 fully saturated rings. The first-order valence-corrected chi connectivity index (χ1v) is 6.62. The first kappa shape index (κ1) is 15.3. The highest BCUT2D eigenvalue weighted by Gasteiger charge is 2.10. The van der Waals surface area contributed by atoms with Crippen LogP contribution in [0.2, 0.25) is 0 Å². The van der Waals surface area contributed by atoms with Gasteiger partial charge in [0, 0.05) is 5.69 Å². The quantitative estimate of drug-likeness (QED) is 0.879. The molecule has 0 aliphatic heterocycles. The number of nitrogens with zero attached hydrogens (tertiary/aromatic N) is 1. The number of hydrogen-bond acceptors (Lipinski definition) is 4. The number of ether oxygens (including phenoxy) is 1. The number of rotatable bonds is 4. The lowest BCUT2D eigenvalue weighted by atomic mass is 10.1. The van der Waals surface area contributed by atoms with Gasteiger partial charge in [-0.15, -0.1) is 0 Å². The van der Waals surface area contributed by atoms with Gasteiger partial charge in [0.05, 0.1) is 17.2 Å². The molecule has 2 aromatic rings. The molecule has 0 aliphatic rings. The Labute approximate surface area is 128 Å². The van der Waals surface area contributed by atoms with Gasteiger partial charge < -0.3 is 10.1 Å². The lowest BCUT2D eigenvalue weighted by molar-refractivity contribution is -0.119. The zero-order valence-electron chi connectivity index (χ0n) is 12.0. The van der Waals surface area contributed by atoms with E-state index in [1.165, 1.54) is 0 Å². The van der Waals surface area contributed by atoms with Gasteiger partial charge in [-0.3, -0.25) is 4.79 Å². The van der Waals surface area contributed by atoms with Crippen molar-refractivity contribution < 1.29 is 14.3 Å². The Kier molecular flexibility index (Phi) is 4.89. The lowest BCUT2D eigenvalue weighted by Crippen LogP contribution is -2.20. The van der Waals surface area contributed by atoms with Gasteiger partial charge in [-0.1, -0.05) is 17.7 Å². The minimum Gasteiger partial charge on any atom is -0.452 e. The third kappa shape index (κ3) is 4.18. The molecule has 0 aromatic heterocycles. The number of anilines is 1. The van der Waals surface area contributed by atoms with Gasteiger partial charge in [-0.05, 0) is 43.3 Å². The molecule has 0 radical (unpaired) electrons. The van der Waals surface area contributed by atoms with Crippen LogP contribution in [0, 0.1) is 18.3 Å². The minimum atomic E-state index is -0.546. The topological polar surface area (TPSA) is 79.2 Å². The van der Waals surface area contributed by atoms with Crippen LogP contribution in [0.4, 0.5) is 5.69 Å². The molecule has 2 aromatic carbocycles.